The van der Waals surface area contributed by atoms with Crippen LogP contribution < -0.4 is 20.1 Å². The molecule has 1 aromatic carbocycles. The van der Waals surface area contributed by atoms with Crippen LogP contribution in [0.3, 0.4) is 0 Å². The first-order valence-corrected chi connectivity index (χ1v) is 7.56. The molecule has 2 N–H and O–H groups in total. The number of nitrogens with one attached hydrogen (secondary N) is 2. The third kappa shape index (κ3) is 3.88. The first kappa shape index (κ1) is 15.6. The van der Waals surface area contributed by atoms with Crippen molar-refractivity contribution in [3.05, 3.63) is 18.2 Å². The van der Waals surface area contributed by atoms with E-state index in [0.29, 0.717) is 30.6 Å². The van der Waals surface area contributed by atoms with Crippen LogP contribution in [0.1, 0.15) is 20.8 Å². The van der Waals surface area contributed by atoms with Gasteiger partial charge in [-0.15, -0.1) is 0 Å². The molecule has 1 heterocycles. The van der Waals surface area contributed by atoms with E-state index in [1.54, 1.807) is 0 Å². The van der Waals surface area contributed by atoms with E-state index in [1.807, 2.05) is 32.0 Å². The Morgan fingerprint density at radius 3 is 2.67 bits per heavy atom. The minimum absolute atomic E-state index is 0.00442. The molecule has 0 radical (unpaired) electrons. The molecule has 0 spiro atoms. The van der Waals surface area contributed by atoms with Crippen molar-refractivity contribution in [1.82, 2.24) is 5.32 Å². The predicted molar refractivity (Wildman–Crippen MR) is 82.9 cm³/mol. The van der Waals surface area contributed by atoms with E-state index in [2.05, 4.69) is 17.6 Å². The van der Waals surface area contributed by atoms with Gasteiger partial charge < -0.3 is 20.1 Å². The normalized spacial score (nSPS) is 21.1. The van der Waals surface area contributed by atoms with Gasteiger partial charge in [0.2, 0.25) is 5.91 Å². The largest absolute Gasteiger partial charge is 0.494 e. The monoisotopic (exact) mass is 292 g/mol. The van der Waals surface area contributed by atoms with Crippen molar-refractivity contribution < 1.29 is 14.3 Å². The smallest absolute Gasteiger partial charge is 0.229 e. The minimum Gasteiger partial charge on any atom is -0.494 e. The highest BCUT2D eigenvalue weighted by molar-refractivity contribution is 5.94. The van der Waals surface area contributed by atoms with Gasteiger partial charge in [0.1, 0.15) is 11.5 Å². The molecule has 2 rings (SSSR count). The van der Waals surface area contributed by atoms with Gasteiger partial charge in [-0.05, 0) is 38.4 Å². The van der Waals surface area contributed by atoms with Crippen LogP contribution in [0.2, 0.25) is 0 Å². The van der Waals surface area contributed by atoms with Gasteiger partial charge in [0.15, 0.2) is 0 Å². The highest BCUT2D eigenvalue weighted by Gasteiger charge is 2.30. The summed E-state index contributed by atoms with van der Waals surface area (Å²) in [5.74, 6) is 1.77. The first-order chi connectivity index (χ1) is 10.2. The van der Waals surface area contributed by atoms with Crippen LogP contribution in [-0.4, -0.2) is 32.2 Å². The molecular formula is C16H24N2O3. The van der Waals surface area contributed by atoms with Gasteiger partial charge in [0.25, 0.3) is 0 Å². The maximum Gasteiger partial charge on any atom is 0.229 e. The number of rotatable bonds is 6. The molecule has 0 saturated carbocycles. The number of anilines is 1. The Labute approximate surface area is 126 Å². The second-order valence-electron chi connectivity index (χ2n) is 5.26. The van der Waals surface area contributed by atoms with Crippen molar-refractivity contribution in [2.75, 3.05) is 31.6 Å². The molecular weight excluding hydrogens is 268 g/mol. The van der Waals surface area contributed by atoms with Crippen molar-refractivity contribution in [2.24, 2.45) is 11.8 Å². The summed E-state index contributed by atoms with van der Waals surface area (Å²) in [7, 11) is 0. The standard InChI is InChI=1S/C16H24N2O3/c1-4-20-12-6-7-15(21-5-2)14(8-12)18-16(19)13-10-17-9-11(13)3/h6-8,11,13,17H,4-5,9-10H2,1-3H3,(H,18,19)/t11-,13-/m1/s1. The Morgan fingerprint density at radius 2 is 2.05 bits per heavy atom. The van der Waals surface area contributed by atoms with Gasteiger partial charge in [-0.1, -0.05) is 6.92 Å². The maximum absolute atomic E-state index is 12.4. The van der Waals surface area contributed by atoms with E-state index in [-0.39, 0.29) is 11.8 Å². The van der Waals surface area contributed by atoms with Crippen LogP contribution in [0, 0.1) is 11.8 Å². The van der Waals surface area contributed by atoms with Gasteiger partial charge >= 0.3 is 0 Å². The lowest BCUT2D eigenvalue weighted by Gasteiger charge is -2.17. The number of hydrogen-bond donors (Lipinski definition) is 2. The predicted octanol–water partition coefficient (Wildman–Crippen LogP) is 2.28. The number of benzene rings is 1. The van der Waals surface area contributed by atoms with Crippen molar-refractivity contribution >= 4 is 11.6 Å². The highest BCUT2D eigenvalue weighted by Crippen LogP contribution is 2.30. The van der Waals surface area contributed by atoms with Gasteiger partial charge in [-0.2, -0.15) is 0 Å². The lowest BCUT2D eigenvalue weighted by atomic mass is 9.97. The van der Waals surface area contributed by atoms with Crippen LogP contribution in [0.5, 0.6) is 11.5 Å². The van der Waals surface area contributed by atoms with Gasteiger partial charge in [-0.3, -0.25) is 4.79 Å². The summed E-state index contributed by atoms with van der Waals surface area (Å²) in [5, 5.41) is 6.23. The van der Waals surface area contributed by atoms with Crippen LogP contribution >= 0.6 is 0 Å². The Balaban J connectivity index is 2.15. The highest BCUT2D eigenvalue weighted by atomic mass is 16.5. The van der Waals surface area contributed by atoms with E-state index in [9.17, 15) is 4.79 Å². The molecule has 1 saturated heterocycles. The summed E-state index contributed by atoms with van der Waals surface area (Å²) < 4.78 is 11.1. The quantitative estimate of drug-likeness (QED) is 0.844. The number of amides is 1. The second-order valence-corrected chi connectivity index (χ2v) is 5.26. The van der Waals surface area contributed by atoms with Crippen molar-refractivity contribution in [2.45, 2.75) is 20.8 Å². The third-order valence-corrected chi connectivity index (χ3v) is 3.67. The molecule has 21 heavy (non-hydrogen) atoms. The van der Waals surface area contributed by atoms with Crippen LogP contribution in [0.25, 0.3) is 0 Å². The fourth-order valence-electron chi connectivity index (χ4n) is 2.53. The molecule has 1 aliphatic heterocycles. The summed E-state index contributed by atoms with van der Waals surface area (Å²) in [4.78, 5) is 12.4. The Hall–Kier alpha value is -1.75. The SMILES string of the molecule is CCOc1ccc(OCC)c(NC(=O)[C@@H]2CNC[C@H]2C)c1. The molecule has 0 bridgehead atoms. The summed E-state index contributed by atoms with van der Waals surface area (Å²) >= 11 is 0. The van der Waals surface area contributed by atoms with Crippen LogP contribution in [0.15, 0.2) is 18.2 Å². The van der Waals surface area contributed by atoms with Crippen LogP contribution in [0.4, 0.5) is 5.69 Å². The van der Waals surface area contributed by atoms with Gasteiger partial charge in [-0.25, -0.2) is 0 Å². The molecule has 0 aromatic heterocycles. The molecule has 0 unspecified atom stereocenters. The maximum atomic E-state index is 12.4. The summed E-state index contributed by atoms with van der Waals surface area (Å²) in [6.07, 6.45) is 0. The summed E-state index contributed by atoms with van der Waals surface area (Å²) in [6.45, 7) is 8.69. The van der Waals surface area contributed by atoms with E-state index in [0.717, 1.165) is 18.8 Å². The molecule has 2 atom stereocenters. The zero-order valence-electron chi connectivity index (χ0n) is 12.9. The molecule has 1 fully saturated rings. The van der Waals surface area contributed by atoms with Crippen molar-refractivity contribution in [3.8, 4) is 11.5 Å². The Kier molecular flexibility index (Phi) is 5.44. The first-order valence-electron chi connectivity index (χ1n) is 7.56. The average molecular weight is 292 g/mol. The number of carbonyl (C=O) groups excluding carboxylic acids is 1. The zero-order chi connectivity index (χ0) is 15.2. The molecule has 0 aliphatic carbocycles. The fraction of sp³-hybridized carbons (Fsp3) is 0.562. The van der Waals surface area contributed by atoms with Gasteiger partial charge in [0.05, 0.1) is 24.8 Å². The topological polar surface area (TPSA) is 59.6 Å². The molecule has 5 heteroatoms. The number of carbonyl (C=O) groups is 1. The van der Waals surface area contributed by atoms with E-state index in [1.165, 1.54) is 0 Å². The summed E-state index contributed by atoms with van der Waals surface area (Å²) in [6, 6.07) is 5.50. The van der Waals surface area contributed by atoms with E-state index < -0.39 is 0 Å². The molecule has 5 nitrogen and oxygen atoms in total. The Bertz CT molecular complexity index is 490. The van der Waals surface area contributed by atoms with E-state index in [4.69, 9.17) is 9.47 Å². The van der Waals surface area contributed by atoms with Gasteiger partial charge in [0, 0.05) is 12.6 Å². The lowest BCUT2D eigenvalue weighted by Crippen LogP contribution is -2.28. The van der Waals surface area contributed by atoms with Crippen LogP contribution in [-0.2, 0) is 4.79 Å². The molecule has 1 aliphatic rings. The Morgan fingerprint density at radius 1 is 1.29 bits per heavy atom. The fourth-order valence-corrected chi connectivity index (χ4v) is 2.53. The second kappa shape index (κ2) is 7.31. The van der Waals surface area contributed by atoms with Crippen molar-refractivity contribution in [1.29, 1.82) is 0 Å². The molecule has 116 valence electrons. The lowest BCUT2D eigenvalue weighted by molar-refractivity contribution is -0.120. The number of ether oxygens (including phenoxy) is 2. The third-order valence-electron chi connectivity index (χ3n) is 3.67. The minimum atomic E-state index is -0.00442. The molecule has 1 aromatic rings. The van der Waals surface area contributed by atoms with E-state index >= 15 is 0 Å². The van der Waals surface area contributed by atoms with Crippen molar-refractivity contribution in [3.63, 3.8) is 0 Å². The average Bonchev–Trinajstić information content (AvgIpc) is 2.88. The zero-order valence-corrected chi connectivity index (χ0v) is 12.9. The molecule has 1 amide bonds. The summed E-state index contributed by atoms with van der Waals surface area (Å²) in [5.41, 5.74) is 0.673. The number of hydrogen-bond acceptors (Lipinski definition) is 4.